The highest BCUT2D eigenvalue weighted by Crippen LogP contribution is 2.12. The van der Waals surface area contributed by atoms with E-state index in [4.69, 9.17) is 5.14 Å². The van der Waals surface area contributed by atoms with Gasteiger partial charge in [0.2, 0.25) is 10.0 Å². The Morgan fingerprint density at radius 2 is 1.67 bits per heavy atom. The van der Waals surface area contributed by atoms with E-state index in [9.17, 15) is 8.42 Å². The van der Waals surface area contributed by atoms with Crippen molar-refractivity contribution in [2.75, 3.05) is 38.1 Å². The van der Waals surface area contributed by atoms with E-state index in [2.05, 4.69) is 51.7 Å². The number of anilines is 1. The first kappa shape index (κ1) is 26.2. The molecule has 0 saturated heterocycles. The van der Waals surface area contributed by atoms with Gasteiger partial charge in [0.15, 0.2) is 5.96 Å². The van der Waals surface area contributed by atoms with Gasteiger partial charge in [0.05, 0.1) is 4.90 Å². The summed E-state index contributed by atoms with van der Waals surface area (Å²) in [4.78, 5) is 6.72. The van der Waals surface area contributed by atoms with Crippen LogP contribution in [0.25, 0.3) is 0 Å². The smallest absolute Gasteiger partial charge is 0.238 e. The van der Waals surface area contributed by atoms with Crippen molar-refractivity contribution in [3.05, 3.63) is 60.2 Å². The average Bonchev–Trinajstić information content (AvgIpc) is 2.73. The van der Waals surface area contributed by atoms with Crippen molar-refractivity contribution in [2.24, 2.45) is 10.1 Å². The topological polar surface area (TPSA) is 99.8 Å². The first-order valence-electron chi connectivity index (χ1n) is 9.80. The van der Waals surface area contributed by atoms with Crippen molar-refractivity contribution >= 4 is 45.6 Å². The number of primary sulfonamides is 1. The zero-order valence-corrected chi connectivity index (χ0v) is 20.7. The highest BCUT2D eigenvalue weighted by molar-refractivity contribution is 14.0. The van der Waals surface area contributed by atoms with E-state index in [0.717, 1.165) is 44.0 Å². The minimum Gasteiger partial charge on any atom is -0.372 e. The molecule has 0 amide bonds. The van der Waals surface area contributed by atoms with Gasteiger partial charge in [-0.05, 0) is 49.6 Å². The summed E-state index contributed by atoms with van der Waals surface area (Å²) in [6.07, 6.45) is 1.75. The number of rotatable bonds is 10. The summed E-state index contributed by atoms with van der Waals surface area (Å²) < 4.78 is 22.6. The Morgan fingerprint density at radius 1 is 1.03 bits per heavy atom. The van der Waals surface area contributed by atoms with E-state index in [-0.39, 0.29) is 28.9 Å². The molecule has 0 unspecified atom stereocenters. The van der Waals surface area contributed by atoms with Gasteiger partial charge < -0.3 is 15.5 Å². The van der Waals surface area contributed by atoms with E-state index >= 15 is 0 Å². The molecule has 0 aromatic heterocycles. The van der Waals surface area contributed by atoms with Crippen LogP contribution < -0.4 is 20.7 Å². The summed E-state index contributed by atoms with van der Waals surface area (Å²) in [6.45, 7) is 5.63. The Kier molecular flexibility index (Phi) is 11.7. The van der Waals surface area contributed by atoms with E-state index in [1.54, 1.807) is 19.2 Å². The molecule has 0 spiro atoms. The molecule has 0 aliphatic rings. The highest BCUT2D eigenvalue weighted by Gasteiger charge is 2.07. The van der Waals surface area contributed by atoms with Crippen LogP contribution in [0, 0.1) is 0 Å². The molecule has 0 fully saturated rings. The maximum Gasteiger partial charge on any atom is 0.238 e. The lowest BCUT2D eigenvalue weighted by Crippen LogP contribution is -2.39. The Bertz CT molecular complexity index is 874. The van der Waals surface area contributed by atoms with Crippen LogP contribution in [0.1, 0.15) is 18.9 Å². The first-order valence-corrected chi connectivity index (χ1v) is 11.3. The molecule has 30 heavy (non-hydrogen) atoms. The second kappa shape index (κ2) is 13.5. The van der Waals surface area contributed by atoms with Gasteiger partial charge in [-0.15, -0.1) is 24.0 Å². The molecule has 2 aromatic carbocycles. The SMILES string of the molecule is CCN(CCCNC(=NC)NCCc1ccc(S(N)(=O)=O)cc1)c1ccccc1.I. The number of benzene rings is 2. The molecule has 166 valence electrons. The van der Waals surface area contributed by atoms with Crippen LogP contribution in [0.5, 0.6) is 0 Å². The molecular formula is C21H32IN5O2S. The van der Waals surface area contributed by atoms with Crippen LogP contribution in [0.3, 0.4) is 0 Å². The average molecular weight is 545 g/mol. The molecule has 7 nitrogen and oxygen atoms in total. The number of nitrogens with one attached hydrogen (secondary N) is 2. The summed E-state index contributed by atoms with van der Waals surface area (Å²) in [7, 11) is -1.90. The van der Waals surface area contributed by atoms with Crippen molar-refractivity contribution in [3.63, 3.8) is 0 Å². The Hall–Kier alpha value is -1.85. The molecule has 0 aliphatic heterocycles. The summed E-state index contributed by atoms with van der Waals surface area (Å²) in [5.74, 6) is 0.758. The monoisotopic (exact) mass is 545 g/mol. The predicted octanol–water partition coefficient (Wildman–Crippen LogP) is 2.58. The number of halogens is 1. The zero-order valence-electron chi connectivity index (χ0n) is 17.5. The summed E-state index contributed by atoms with van der Waals surface area (Å²) in [6, 6.07) is 17.0. The van der Waals surface area contributed by atoms with Crippen LogP contribution in [-0.4, -0.2) is 47.6 Å². The van der Waals surface area contributed by atoms with Crippen molar-refractivity contribution in [3.8, 4) is 0 Å². The quantitative estimate of drug-likeness (QED) is 0.185. The van der Waals surface area contributed by atoms with E-state index in [1.807, 2.05) is 6.07 Å². The van der Waals surface area contributed by atoms with Gasteiger partial charge in [0, 0.05) is 38.9 Å². The van der Waals surface area contributed by atoms with Crippen LogP contribution in [0.15, 0.2) is 64.5 Å². The fraction of sp³-hybridized carbons (Fsp3) is 0.381. The largest absolute Gasteiger partial charge is 0.372 e. The third-order valence-corrected chi connectivity index (χ3v) is 5.51. The van der Waals surface area contributed by atoms with Gasteiger partial charge in [-0.1, -0.05) is 30.3 Å². The minimum atomic E-state index is -3.64. The lowest BCUT2D eigenvalue weighted by molar-refractivity contribution is 0.598. The van der Waals surface area contributed by atoms with Crippen LogP contribution in [0.4, 0.5) is 5.69 Å². The van der Waals surface area contributed by atoms with Crippen LogP contribution in [-0.2, 0) is 16.4 Å². The molecule has 4 N–H and O–H groups in total. The molecule has 9 heteroatoms. The van der Waals surface area contributed by atoms with E-state index in [0.29, 0.717) is 6.54 Å². The van der Waals surface area contributed by atoms with Crippen LogP contribution >= 0.6 is 24.0 Å². The molecule has 0 atom stereocenters. The number of sulfonamides is 1. The predicted molar refractivity (Wildman–Crippen MR) is 135 cm³/mol. The Labute approximate surface area is 197 Å². The number of nitrogens with zero attached hydrogens (tertiary/aromatic N) is 2. The van der Waals surface area contributed by atoms with Gasteiger partial charge in [0.25, 0.3) is 0 Å². The van der Waals surface area contributed by atoms with E-state index < -0.39 is 10.0 Å². The third kappa shape index (κ3) is 8.88. The Morgan fingerprint density at radius 3 is 2.23 bits per heavy atom. The second-order valence-corrected chi connectivity index (χ2v) is 8.19. The highest BCUT2D eigenvalue weighted by atomic mass is 127. The number of hydrogen-bond donors (Lipinski definition) is 3. The summed E-state index contributed by atoms with van der Waals surface area (Å²) >= 11 is 0. The van der Waals surface area contributed by atoms with Crippen molar-refractivity contribution in [1.82, 2.24) is 10.6 Å². The fourth-order valence-electron chi connectivity index (χ4n) is 2.98. The fourth-order valence-corrected chi connectivity index (χ4v) is 3.49. The van der Waals surface area contributed by atoms with Crippen molar-refractivity contribution < 1.29 is 8.42 Å². The number of aliphatic imine (C=N–C) groups is 1. The molecule has 0 saturated carbocycles. The van der Waals surface area contributed by atoms with Crippen LogP contribution in [0.2, 0.25) is 0 Å². The van der Waals surface area contributed by atoms with Gasteiger partial charge in [-0.2, -0.15) is 0 Å². The van der Waals surface area contributed by atoms with Crippen molar-refractivity contribution in [2.45, 2.75) is 24.7 Å². The standard InChI is InChI=1S/C21H31N5O2S.HI/c1-3-26(19-8-5-4-6-9-19)17-7-15-24-21(23-2)25-16-14-18-10-12-20(13-11-18)29(22,27)28;/h4-6,8-13H,3,7,14-17H2,1-2H3,(H2,22,27,28)(H2,23,24,25);1H. The second-order valence-electron chi connectivity index (χ2n) is 6.63. The summed E-state index contributed by atoms with van der Waals surface area (Å²) in [5, 5.41) is 11.7. The maximum absolute atomic E-state index is 11.3. The van der Waals surface area contributed by atoms with E-state index in [1.165, 1.54) is 17.8 Å². The maximum atomic E-state index is 11.3. The summed E-state index contributed by atoms with van der Waals surface area (Å²) in [5.41, 5.74) is 2.27. The molecule has 0 aliphatic carbocycles. The van der Waals surface area contributed by atoms with Gasteiger partial charge in [0.1, 0.15) is 0 Å². The Balaban J connectivity index is 0.00000450. The molecule has 2 aromatic rings. The lowest BCUT2D eigenvalue weighted by atomic mass is 10.1. The molecule has 0 bridgehead atoms. The third-order valence-electron chi connectivity index (χ3n) is 4.58. The van der Waals surface area contributed by atoms with Gasteiger partial charge in [-0.25, -0.2) is 13.6 Å². The number of guanidine groups is 1. The molecular weight excluding hydrogens is 513 g/mol. The zero-order chi connectivity index (χ0) is 21.1. The molecule has 0 radical (unpaired) electrons. The van der Waals surface area contributed by atoms with Gasteiger partial charge >= 0.3 is 0 Å². The van der Waals surface area contributed by atoms with Gasteiger partial charge in [-0.3, -0.25) is 4.99 Å². The first-order chi connectivity index (χ1) is 13.9. The molecule has 0 heterocycles. The molecule has 2 rings (SSSR count). The van der Waals surface area contributed by atoms with Crippen molar-refractivity contribution in [1.29, 1.82) is 0 Å². The lowest BCUT2D eigenvalue weighted by Gasteiger charge is -2.23. The number of hydrogen-bond acceptors (Lipinski definition) is 4. The normalized spacial score (nSPS) is 11.5. The minimum absolute atomic E-state index is 0. The number of para-hydroxylation sites is 1. The number of nitrogens with two attached hydrogens (primary N) is 1.